The summed E-state index contributed by atoms with van der Waals surface area (Å²) in [5, 5.41) is 0.846. The number of carbonyl (C=O) groups excluding carboxylic acids is 1. The first kappa shape index (κ1) is 9.62. The van der Waals surface area contributed by atoms with Gasteiger partial charge in [-0.3, -0.25) is 4.79 Å². The lowest BCUT2D eigenvalue weighted by Crippen LogP contribution is -1.95. The third-order valence-corrected chi connectivity index (χ3v) is 2.30. The molecule has 0 spiro atoms. The first-order chi connectivity index (χ1) is 5.72. The number of hydrogen-bond donors (Lipinski definition) is 0. The Bertz CT molecular complexity index is 286. The van der Waals surface area contributed by atoms with Gasteiger partial charge in [0.15, 0.2) is 5.12 Å². The van der Waals surface area contributed by atoms with E-state index in [0.29, 0.717) is 11.4 Å². The van der Waals surface area contributed by atoms with Crippen LogP contribution in [-0.4, -0.2) is 11.4 Å². The van der Waals surface area contributed by atoms with Gasteiger partial charge < -0.3 is 0 Å². The van der Waals surface area contributed by atoms with Gasteiger partial charge in [-0.2, -0.15) is 0 Å². The molecule has 0 saturated heterocycles. The number of carbonyl (C=O) groups is 1. The van der Waals surface area contributed by atoms with Gasteiger partial charge in [0.2, 0.25) is 0 Å². The molecular weight excluding hydrogens is 192 g/mol. The van der Waals surface area contributed by atoms with Gasteiger partial charge in [-0.15, -0.1) is 0 Å². The standard InChI is InChI=1S/C9H9ClOS/c1-12-9(11)6-7-3-2-4-8(10)5-7/h2-5H,6H2,1H3. The van der Waals surface area contributed by atoms with Crippen molar-refractivity contribution in [2.24, 2.45) is 0 Å². The minimum Gasteiger partial charge on any atom is -0.287 e. The van der Waals surface area contributed by atoms with Crippen LogP contribution in [0.3, 0.4) is 0 Å². The molecule has 1 aromatic carbocycles. The van der Waals surface area contributed by atoms with Crippen molar-refractivity contribution in [2.75, 3.05) is 6.26 Å². The van der Waals surface area contributed by atoms with E-state index in [1.54, 1.807) is 12.3 Å². The van der Waals surface area contributed by atoms with Gasteiger partial charge in [-0.05, 0) is 24.0 Å². The van der Waals surface area contributed by atoms with Crippen LogP contribution in [0.2, 0.25) is 5.02 Å². The molecule has 0 atom stereocenters. The summed E-state index contributed by atoms with van der Waals surface area (Å²) in [6.45, 7) is 0. The summed E-state index contributed by atoms with van der Waals surface area (Å²) in [5.74, 6) is 0. The highest BCUT2D eigenvalue weighted by molar-refractivity contribution is 8.13. The summed E-state index contributed by atoms with van der Waals surface area (Å²) in [7, 11) is 0. The fourth-order valence-electron chi connectivity index (χ4n) is 0.886. The molecule has 0 aliphatic heterocycles. The molecule has 0 N–H and O–H groups in total. The Morgan fingerprint density at radius 2 is 2.33 bits per heavy atom. The minimum absolute atomic E-state index is 0.164. The molecule has 1 aromatic rings. The normalized spacial score (nSPS) is 9.83. The van der Waals surface area contributed by atoms with Gasteiger partial charge in [0.05, 0.1) is 0 Å². The summed E-state index contributed by atoms with van der Waals surface area (Å²) in [5.41, 5.74) is 0.974. The molecule has 0 bridgehead atoms. The summed E-state index contributed by atoms with van der Waals surface area (Å²) in [6, 6.07) is 7.37. The smallest absolute Gasteiger partial charge is 0.193 e. The highest BCUT2D eigenvalue weighted by Gasteiger charge is 2.00. The summed E-state index contributed by atoms with van der Waals surface area (Å²) >= 11 is 7.00. The molecule has 3 heteroatoms. The summed E-state index contributed by atoms with van der Waals surface area (Å²) in [6.07, 6.45) is 2.24. The lowest BCUT2D eigenvalue weighted by molar-refractivity contribution is -0.110. The molecule has 64 valence electrons. The zero-order chi connectivity index (χ0) is 8.97. The van der Waals surface area contributed by atoms with Crippen LogP contribution in [0.15, 0.2) is 24.3 Å². The van der Waals surface area contributed by atoms with Crippen LogP contribution < -0.4 is 0 Å². The van der Waals surface area contributed by atoms with Crippen molar-refractivity contribution < 1.29 is 4.79 Å². The Kier molecular flexibility index (Phi) is 3.63. The van der Waals surface area contributed by atoms with Crippen molar-refractivity contribution in [1.29, 1.82) is 0 Å². The Morgan fingerprint density at radius 3 is 2.92 bits per heavy atom. The molecule has 1 nitrogen and oxygen atoms in total. The van der Waals surface area contributed by atoms with E-state index in [1.807, 2.05) is 18.2 Å². The molecule has 0 aliphatic rings. The SMILES string of the molecule is CSC(=O)Cc1cccc(Cl)c1. The molecular formula is C9H9ClOS. The highest BCUT2D eigenvalue weighted by Crippen LogP contribution is 2.12. The first-order valence-electron chi connectivity index (χ1n) is 3.53. The Hall–Kier alpha value is -0.470. The Morgan fingerprint density at radius 1 is 1.58 bits per heavy atom. The third kappa shape index (κ3) is 2.88. The maximum absolute atomic E-state index is 11.0. The molecule has 0 aromatic heterocycles. The highest BCUT2D eigenvalue weighted by atomic mass is 35.5. The van der Waals surface area contributed by atoms with Crippen molar-refractivity contribution in [3.05, 3.63) is 34.9 Å². The molecule has 0 radical (unpaired) electrons. The van der Waals surface area contributed by atoms with Gasteiger partial charge in [0.25, 0.3) is 0 Å². The lowest BCUT2D eigenvalue weighted by atomic mass is 10.2. The molecule has 0 saturated carbocycles. The van der Waals surface area contributed by atoms with Gasteiger partial charge in [-0.1, -0.05) is 35.5 Å². The molecule has 0 amide bonds. The van der Waals surface area contributed by atoms with E-state index in [1.165, 1.54) is 11.8 Å². The van der Waals surface area contributed by atoms with E-state index in [9.17, 15) is 4.79 Å². The van der Waals surface area contributed by atoms with E-state index in [4.69, 9.17) is 11.6 Å². The fourth-order valence-corrected chi connectivity index (χ4v) is 1.41. The van der Waals surface area contributed by atoms with Crippen molar-refractivity contribution in [2.45, 2.75) is 6.42 Å². The number of halogens is 1. The van der Waals surface area contributed by atoms with Gasteiger partial charge >= 0.3 is 0 Å². The average molecular weight is 201 g/mol. The van der Waals surface area contributed by atoms with Crippen LogP contribution >= 0.6 is 23.4 Å². The second-order valence-corrected chi connectivity index (χ2v) is 3.68. The van der Waals surface area contributed by atoms with Gasteiger partial charge in [-0.25, -0.2) is 0 Å². The van der Waals surface area contributed by atoms with Crippen LogP contribution in [0.5, 0.6) is 0 Å². The minimum atomic E-state index is 0.164. The molecule has 0 aliphatic carbocycles. The van der Waals surface area contributed by atoms with Crippen molar-refractivity contribution in [1.82, 2.24) is 0 Å². The number of thioether (sulfide) groups is 1. The van der Waals surface area contributed by atoms with Crippen LogP contribution in [0, 0.1) is 0 Å². The Labute approximate surface area is 81.1 Å². The largest absolute Gasteiger partial charge is 0.287 e. The van der Waals surface area contributed by atoms with Crippen LogP contribution in [0.25, 0.3) is 0 Å². The van der Waals surface area contributed by atoms with E-state index in [0.717, 1.165) is 5.56 Å². The number of rotatable bonds is 2. The quantitative estimate of drug-likeness (QED) is 0.731. The Balaban J connectivity index is 2.69. The monoisotopic (exact) mass is 200 g/mol. The van der Waals surface area contributed by atoms with Crippen molar-refractivity contribution >= 4 is 28.5 Å². The van der Waals surface area contributed by atoms with E-state index in [2.05, 4.69) is 0 Å². The van der Waals surface area contributed by atoms with Gasteiger partial charge in [0.1, 0.15) is 0 Å². The van der Waals surface area contributed by atoms with E-state index >= 15 is 0 Å². The van der Waals surface area contributed by atoms with Crippen molar-refractivity contribution in [3.8, 4) is 0 Å². The van der Waals surface area contributed by atoms with Crippen molar-refractivity contribution in [3.63, 3.8) is 0 Å². The van der Waals surface area contributed by atoms with E-state index in [-0.39, 0.29) is 5.12 Å². The molecule has 1 rings (SSSR count). The average Bonchev–Trinajstić information content (AvgIpc) is 2.04. The second-order valence-electron chi connectivity index (χ2n) is 2.38. The zero-order valence-corrected chi connectivity index (χ0v) is 8.28. The molecule has 0 unspecified atom stereocenters. The summed E-state index contributed by atoms with van der Waals surface area (Å²) in [4.78, 5) is 11.0. The third-order valence-electron chi connectivity index (χ3n) is 1.47. The first-order valence-corrected chi connectivity index (χ1v) is 5.14. The number of benzene rings is 1. The predicted molar refractivity (Wildman–Crippen MR) is 53.7 cm³/mol. The second kappa shape index (κ2) is 4.53. The molecule has 0 fully saturated rings. The predicted octanol–water partition coefficient (Wildman–Crippen LogP) is 2.77. The zero-order valence-electron chi connectivity index (χ0n) is 6.71. The number of hydrogen-bond acceptors (Lipinski definition) is 2. The maximum Gasteiger partial charge on any atom is 0.193 e. The van der Waals surface area contributed by atoms with Crippen LogP contribution in [0.4, 0.5) is 0 Å². The maximum atomic E-state index is 11.0. The summed E-state index contributed by atoms with van der Waals surface area (Å²) < 4.78 is 0. The van der Waals surface area contributed by atoms with Gasteiger partial charge in [0, 0.05) is 11.4 Å². The van der Waals surface area contributed by atoms with Crippen LogP contribution in [0.1, 0.15) is 5.56 Å². The lowest BCUT2D eigenvalue weighted by Gasteiger charge is -1.98. The van der Waals surface area contributed by atoms with Crippen LogP contribution in [-0.2, 0) is 11.2 Å². The fraction of sp³-hybridized carbons (Fsp3) is 0.222. The molecule has 0 heterocycles. The molecule has 12 heavy (non-hydrogen) atoms. The topological polar surface area (TPSA) is 17.1 Å². The van der Waals surface area contributed by atoms with E-state index < -0.39 is 0 Å².